The Bertz CT molecular complexity index is 1040. The zero-order valence-electron chi connectivity index (χ0n) is 18.2. The predicted molar refractivity (Wildman–Crippen MR) is 118 cm³/mol. The maximum absolute atomic E-state index is 12.9. The Morgan fingerprint density at radius 2 is 1.85 bits per heavy atom. The van der Waals surface area contributed by atoms with Crippen LogP contribution in [0.5, 0.6) is 0 Å². The van der Waals surface area contributed by atoms with E-state index in [1.807, 2.05) is 6.92 Å². The van der Waals surface area contributed by atoms with E-state index in [1.165, 1.54) is 34.6 Å². The van der Waals surface area contributed by atoms with Gasteiger partial charge in [-0.05, 0) is 62.6 Å². The minimum atomic E-state index is -4.43. The molecule has 1 unspecified atom stereocenters. The second-order valence-electron chi connectivity index (χ2n) is 7.95. The number of benzene rings is 1. The summed E-state index contributed by atoms with van der Waals surface area (Å²) < 4.78 is 64.9. The van der Waals surface area contributed by atoms with Crippen molar-refractivity contribution in [2.24, 2.45) is 0 Å². The number of anilines is 1. The zero-order valence-corrected chi connectivity index (χ0v) is 19.0. The van der Waals surface area contributed by atoms with Crippen LogP contribution in [0.15, 0.2) is 47.5 Å². The van der Waals surface area contributed by atoms with E-state index in [-0.39, 0.29) is 16.8 Å². The molecule has 1 aliphatic heterocycles. The normalized spacial score (nSPS) is 17.5. The molecule has 2 N–H and O–H groups in total. The molecule has 7 nitrogen and oxygen atoms in total. The van der Waals surface area contributed by atoms with Crippen molar-refractivity contribution in [3.63, 3.8) is 0 Å². The van der Waals surface area contributed by atoms with E-state index in [0.29, 0.717) is 37.4 Å². The molecule has 1 aliphatic rings. The van der Waals surface area contributed by atoms with Crippen LogP contribution in [0.4, 0.5) is 19.0 Å². The largest absolute Gasteiger partial charge is 0.417 e. The Labute approximate surface area is 191 Å². The highest BCUT2D eigenvalue weighted by Gasteiger charge is 2.31. The third-order valence-electron chi connectivity index (χ3n) is 5.50. The van der Waals surface area contributed by atoms with E-state index in [2.05, 4.69) is 15.6 Å². The van der Waals surface area contributed by atoms with Gasteiger partial charge < -0.3 is 10.6 Å². The molecule has 0 spiro atoms. The van der Waals surface area contributed by atoms with Crippen LogP contribution in [0, 0.1) is 0 Å². The van der Waals surface area contributed by atoms with Crippen molar-refractivity contribution in [1.29, 1.82) is 0 Å². The second kappa shape index (κ2) is 10.5. The summed E-state index contributed by atoms with van der Waals surface area (Å²) in [4.78, 5) is 16.2. The van der Waals surface area contributed by atoms with Gasteiger partial charge in [-0.15, -0.1) is 0 Å². The summed E-state index contributed by atoms with van der Waals surface area (Å²) in [6, 6.07) is 8.03. The van der Waals surface area contributed by atoms with Crippen molar-refractivity contribution in [2.45, 2.75) is 49.7 Å². The van der Waals surface area contributed by atoms with Crippen LogP contribution < -0.4 is 10.6 Å². The fourth-order valence-electron chi connectivity index (χ4n) is 3.62. The van der Waals surface area contributed by atoms with Crippen LogP contribution in [0.3, 0.4) is 0 Å². The second-order valence-corrected chi connectivity index (χ2v) is 9.84. The molecule has 180 valence electrons. The molecule has 1 amide bonds. The number of nitrogens with zero attached hydrogens (tertiary/aromatic N) is 2. The number of aromatic nitrogens is 1. The molecule has 0 bridgehead atoms. The topological polar surface area (TPSA) is 91.4 Å². The highest BCUT2D eigenvalue weighted by atomic mass is 32.2. The smallest absolute Gasteiger partial charge is 0.370 e. The summed E-state index contributed by atoms with van der Waals surface area (Å²) in [5, 5.41) is 5.63. The van der Waals surface area contributed by atoms with E-state index >= 15 is 0 Å². The van der Waals surface area contributed by atoms with Gasteiger partial charge in [-0.2, -0.15) is 17.5 Å². The van der Waals surface area contributed by atoms with Crippen molar-refractivity contribution in [2.75, 3.05) is 25.0 Å². The lowest BCUT2D eigenvalue weighted by atomic mass is 10.1. The Balaban J connectivity index is 1.45. The van der Waals surface area contributed by atoms with Gasteiger partial charge in [-0.3, -0.25) is 4.79 Å². The van der Waals surface area contributed by atoms with E-state index < -0.39 is 21.8 Å². The van der Waals surface area contributed by atoms with Crippen molar-refractivity contribution in [3.8, 4) is 0 Å². The standard InChI is InChI=1S/C22H27F3N4O3S/c1-16-5-2-3-14-29(16)33(31,32)19-9-6-17(7-10-19)21(30)27-13-4-12-26-20-11-8-18(15-28-20)22(23,24)25/h6-11,15-16H,2-5,12-14H2,1H3,(H,26,28)(H,27,30). The van der Waals surface area contributed by atoms with E-state index in [9.17, 15) is 26.4 Å². The molecule has 1 aromatic carbocycles. The van der Waals surface area contributed by atoms with Gasteiger partial charge in [-0.1, -0.05) is 6.42 Å². The maximum Gasteiger partial charge on any atom is 0.417 e. The van der Waals surface area contributed by atoms with Gasteiger partial charge in [0.15, 0.2) is 0 Å². The van der Waals surface area contributed by atoms with Gasteiger partial charge in [0.2, 0.25) is 10.0 Å². The van der Waals surface area contributed by atoms with Crippen molar-refractivity contribution in [3.05, 3.63) is 53.7 Å². The lowest BCUT2D eigenvalue weighted by molar-refractivity contribution is -0.137. The summed E-state index contributed by atoms with van der Waals surface area (Å²) in [5.41, 5.74) is -0.470. The summed E-state index contributed by atoms with van der Waals surface area (Å²) in [6.45, 7) is 3.14. The number of pyridine rings is 1. The molecule has 11 heteroatoms. The van der Waals surface area contributed by atoms with Gasteiger partial charge in [0.25, 0.3) is 5.91 Å². The number of nitrogens with one attached hydrogen (secondary N) is 2. The van der Waals surface area contributed by atoms with Crippen LogP contribution in [-0.2, 0) is 16.2 Å². The van der Waals surface area contributed by atoms with Crippen LogP contribution in [0.1, 0.15) is 48.5 Å². The van der Waals surface area contributed by atoms with Crippen molar-refractivity contribution < 1.29 is 26.4 Å². The Kier molecular flexibility index (Phi) is 7.96. The van der Waals surface area contributed by atoms with Crippen LogP contribution in [0.25, 0.3) is 0 Å². The predicted octanol–water partition coefficient (Wildman–Crippen LogP) is 3.90. The molecule has 0 aliphatic carbocycles. The van der Waals surface area contributed by atoms with Gasteiger partial charge in [-0.25, -0.2) is 13.4 Å². The number of carbonyl (C=O) groups excluding carboxylic acids is 1. The first-order chi connectivity index (χ1) is 15.6. The third-order valence-corrected chi connectivity index (χ3v) is 7.53. The SMILES string of the molecule is CC1CCCCN1S(=O)(=O)c1ccc(C(=O)NCCCNc2ccc(C(F)(F)F)cn2)cc1. The molecule has 1 fully saturated rings. The summed E-state index contributed by atoms with van der Waals surface area (Å²) in [7, 11) is -3.59. The Morgan fingerprint density at radius 1 is 1.12 bits per heavy atom. The highest BCUT2D eigenvalue weighted by Crippen LogP contribution is 2.29. The number of rotatable bonds is 8. The lowest BCUT2D eigenvalue weighted by Crippen LogP contribution is -2.41. The van der Waals surface area contributed by atoms with Gasteiger partial charge in [0.05, 0.1) is 10.5 Å². The number of alkyl halides is 3. The van der Waals surface area contributed by atoms with E-state index in [4.69, 9.17) is 0 Å². The number of halogens is 3. The molecule has 3 rings (SSSR count). The molecule has 1 atom stereocenters. The Morgan fingerprint density at radius 3 is 2.45 bits per heavy atom. The summed E-state index contributed by atoms with van der Waals surface area (Å²) in [5.74, 6) is -0.0212. The summed E-state index contributed by atoms with van der Waals surface area (Å²) >= 11 is 0. The molecule has 1 aromatic heterocycles. The van der Waals surface area contributed by atoms with E-state index in [0.717, 1.165) is 31.5 Å². The number of sulfonamides is 1. The number of amides is 1. The minimum Gasteiger partial charge on any atom is -0.370 e. The zero-order chi connectivity index (χ0) is 24.1. The minimum absolute atomic E-state index is 0.0434. The average molecular weight is 485 g/mol. The molecule has 2 heterocycles. The fraction of sp³-hybridized carbons (Fsp3) is 0.455. The quantitative estimate of drug-likeness (QED) is 0.555. The molecular formula is C22H27F3N4O3S. The molecule has 0 saturated carbocycles. The molecule has 1 saturated heterocycles. The van der Waals surface area contributed by atoms with E-state index in [1.54, 1.807) is 0 Å². The van der Waals surface area contributed by atoms with Crippen LogP contribution in [-0.4, -0.2) is 49.3 Å². The van der Waals surface area contributed by atoms with Gasteiger partial charge in [0, 0.05) is 37.4 Å². The fourth-order valence-corrected chi connectivity index (χ4v) is 5.32. The number of piperidine rings is 1. The lowest BCUT2D eigenvalue weighted by Gasteiger charge is -2.32. The average Bonchev–Trinajstić information content (AvgIpc) is 2.78. The first-order valence-corrected chi connectivity index (χ1v) is 12.2. The first-order valence-electron chi connectivity index (χ1n) is 10.8. The number of carbonyl (C=O) groups is 1. The van der Waals surface area contributed by atoms with Crippen molar-refractivity contribution >= 4 is 21.7 Å². The Hall–Kier alpha value is -2.66. The van der Waals surface area contributed by atoms with Crippen LogP contribution >= 0.6 is 0 Å². The third kappa shape index (κ3) is 6.44. The van der Waals surface area contributed by atoms with Crippen LogP contribution in [0.2, 0.25) is 0 Å². The number of hydrogen-bond acceptors (Lipinski definition) is 5. The maximum atomic E-state index is 12.9. The number of hydrogen-bond donors (Lipinski definition) is 2. The van der Waals surface area contributed by atoms with Gasteiger partial charge in [0.1, 0.15) is 5.82 Å². The van der Waals surface area contributed by atoms with Crippen molar-refractivity contribution in [1.82, 2.24) is 14.6 Å². The molecule has 2 aromatic rings. The monoisotopic (exact) mass is 484 g/mol. The molecule has 33 heavy (non-hydrogen) atoms. The molecular weight excluding hydrogens is 457 g/mol. The summed E-state index contributed by atoms with van der Waals surface area (Å²) in [6.07, 6.45) is -0.447. The van der Waals surface area contributed by atoms with Gasteiger partial charge >= 0.3 is 6.18 Å². The highest BCUT2D eigenvalue weighted by molar-refractivity contribution is 7.89. The first kappa shape index (κ1) is 25.0. The molecule has 0 radical (unpaired) electrons.